The number of nitrogen functional groups attached to an aromatic ring is 1. The molecule has 0 aliphatic rings. The van der Waals surface area contributed by atoms with Crippen LogP contribution in [0.2, 0.25) is 5.02 Å². The van der Waals surface area contributed by atoms with E-state index in [1.165, 1.54) is 12.4 Å². The summed E-state index contributed by atoms with van der Waals surface area (Å²) in [7, 11) is 0. The van der Waals surface area contributed by atoms with Gasteiger partial charge in [-0.3, -0.25) is 4.98 Å². The van der Waals surface area contributed by atoms with Crippen LogP contribution in [0.15, 0.2) is 12.4 Å². The molecule has 0 aromatic carbocycles. The van der Waals surface area contributed by atoms with Crippen LogP contribution in [0.3, 0.4) is 0 Å². The molecule has 1 aromatic rings. The van der Waals surface area contributed by atoms with E-state index in [-0.39, 0.29) is 0 Å². The number of aromatic nitrogens is 1. The SMILES string of the molecule is Nc1cncc(Cl)c1CCl. The number of hydrogen-bond donors (Lipinski definition) is 1. The van der Waals surface area contributed by atoms with Crippen molar-refractivity contribution in [2.75, 3.05) is 5.73 Å². The third-order valence-corrected chi connectivity index (χ3v) is 1.76. The van der Waals surface area contributed by atoms with E-state index in [9.17, 15) is 0 Å². The first-order valence-electron chi connectivity index (χ1n) is 2.69. The van der Waals surface area contributed by atoms with Crippen molar-refractivity contribution in [3.05, 3.63) is 23.0 Å². The van der Waals surface area contributed by atoms with Crippen molar-refractivity contribution < 1.29 is 0 Å². The van der Waals surface area contributed by atoms with Gasteiger partial charge in [0.25, 0.3) is 0 Å². The number of nitrogens with two attached hydrogens (primary N) is 1. The van der Waals surface area contributed by atoms with Crippen molar-refractivity contribution in [2.45, 2.75) is 5.88 Å². The average Bonchev–Trinajstić information content (AvgIpc) is 1.88. The topological polar surface area (TPSA) is 38.9 Å². The Morgan fingerprint density at radius 1 is 1.50 bits per heavy atom. The monoisotopic (exact) mass is 176 g/mol. The van der Waals surface area contributed by atoms with Gasteiger partial charge in [0.1, 0.15) is 0 Å². The van der Waals surface area contributed by atoms with Crippen LogP contribution in [0, 0.1) is 0 Å². The van der Waals surface area contributed by atoms with Gasteiger partial charge in [0.2, 0.25) is 0 Å². The van der Waals surface area contributed by atoms with E-state index in [1.54, 1.807) is 0 Å². The Balaban J connectivity index is 3.17. The molecule has 4 heteroatoms. The molecule has 0 spiro atoms. The summed E-state index contributed by atoms with van der Waals surface area (Å²) in [6.45, 7) is 0. The first kappa shape index (κ1) is 7.63. The fourth-order valence-corrected chi connectivity index (χ4v) is 1.22. The van der Waals surface area contributed by atoms with Gasteiger partial charge in [-0.25, -0.2) is 0 Å². The molecule has 2 nitrogen and oxygen atoms in total. The zero-order chi connectivity index (χ0) is 7.56. The third-order valence-electron chi connectivity index (χ3n) is 1.17. The summed E-state index contributed by atoms with van der Waals surface area (Å²) in [5, 5.41) is 0.523. The quantitative estimate of drug-likeness (QED) is 0.666. The van der Waals surface area contributed by atoms with Gasteiger partial charge in [-0.1, -0.05) is 11.6 Å². The van der Waals surface area contributed by atoms with E-state index in [0.29, 0.717) is 16.6 Å². The lowest BCUT2D eigenvalue weighted by Crippen LogP contribution is -1.93. The molecule has 0 saturated carbocycles. The zero-order valence-electron chi connectivity index (χ0n) is 5.14. The number of rotatable bonds is 1. The van der Waals surface area contributed by atoms with Crippen LogP contribution in [0.4, 0.5) is 5.69 Å². The highest BCUT2D eigenvalue weighted by atomic mass is 35.5. The van der Waals surface area contributed by atoms with E-state index < -0.39 is 0 Å². The number of anilines is 1. The van der Waals surface area contributed by atoms with Gasteiger partial charge in [-0.2, -0.15) is 0 Å². The molecule has 0 aliphatic heterocycles. The minimum Gasteiger partial charge on any atom is -0.397 e. The Hall–Kier alpha value is -0.470. The maximum absolute atomic E-state index is 5.70. The number of halogens is 2. The van der Waals surface area contributed by atoms with Gasteiger partial charge in [0.15, 0.2) is 0 Å². The third kappa shape index (κ3) is 1.33. The van der Waals surface area contributed by atoms with Crippen LogP contribution in [0.25, 0.3) is 0 Å². The van der Waals surface area contributed by atoms with Crippen LogP contribution in [0.5, 0.6) is 0 Å². The maximum Gasteiger partial charge on any atom is 0.0654 e. The molecule has 0 saturated heterocycles. The lowest BCUT2D eigenvalue weighted by molar-refractivity contribution is 1.27. The van der Waals surface area contributed by atoms with Crippen LogP contribution in [-0.4, -0.2) is 4.98 Å². The largest absolute Gasteiger partial charge is 0.397 e. The smallest absolute Gasteiger partial charge is 0.0654 e. The molecule has 0 fully saturated rings. The Kier molecular flexibility index (Phi) is 2.35. The average molecular weight is 177 g/mol. The van der Waals surface area contributed by atoms with Gasteiger partial charge in [0, 0.05) is 11.8 Å². The van der Waals surface area contributed by atoms with E-state index in [2.05, 4.69) is 4.98 Å². The highest BCUT2D eigenvalue weighted by Gasteiger charge is 2.01. The molecule has 1 aromatic heterocycles. The first-order valence-corrected chi connectivity index (χ1v) is 3.60. The van der Waals surface area contributed by atoms with Gasteiger partial charge in [-0.15, -0.1) is 11.6 Å². The maximum atomic E-state index is 5.70. The van der Waals surface area contributed by atoms with Crippen LogP contribution >= 0.6 is 23.2 Å². The minimum atomic E-state index is 0.327. The molecule has 1 heterocycles. The number of alkyl halides is 1. The highest BCUT2D eigenvalue weighted by Crippen LogP contribution is 2.21. The second kappa shape index (κ2) is 3.08. The highest BCUT2D eigenvalue weighted by molar-refractivity contribution is 6.32. The molecule has 0 atom stereocenters. The van der Waals surface area contributed by atoms with E-state index >= 15 is 0 Å². The van der Waals surface area contributed by atoms with Crippen molar-refractivity contribution in [1.82, 2.24) is 4.98 Å². The molecular formula is C6H6Cl2N2. The molecule has 0 aliphatic carbocycles. The van der Waals surface area contributed by atoms with Gasteiger partial charge in [-0.05, 0) is 0 Å². The van der Waals surface area contributed by atoms with Crippen LogP contribution in [-0.2, 0) is 5.88 Å². The number of hydrogen-bond acceptors (Lipinski definition) is 2. The number of nitrogens with zero attached hydrogens (tertiary/aromatic N) is 1. The Morgan fingerprint density at radius 3 is 2.60 bits per heavy atom. The molecule has 0 bridgehead atoms. The zero-order valence-corrected chi connectivity index (χ0v) is 6.65. The first-order chi connectivity index (χ1) is 4.75. The van der Waals surface area contributed by atoms with Crippen molar-refractivity contribution in [3.8, 4) is 0 Å². The van der Waals surface area contributed by atoms with Crippen molar-refractivity contribution in [2.24, 2.45) is 0 Å². The summed E-state index contributed by atoms with van der Waals surface area (Å²) in [6.07, 6.45) is 3.05. The standard InChI is InChI=1S/C6H6Cl2N2/c7-1-4-5(8)2-10-3-6(4)9/h2-3H,1,9H2. The fraction of sp³-hybridized carbons (Fsp3) is 0.167. The summed E-state index contributed by atoms with van der Waals surface area (Å²) in [5.41, 5.74) is 6.79. The van der Waals surface area contributed by atoms with Crippen molar-refractivity contribution >= 4 is 28.9 Å². The lowest BCUT2D eigenvalue weighted by atomic mass is 10.2. The molecule has 10 heavy (non-hydrogen) atoms. The molecule has 2 N–H and O–H groups in total. The van der Waals surface area contributed by atoms with Gasteiger partial charge >= 0.3 is 0 Å². The van der Waals surface area contributed by atoms with Gasteiger partial charge in [0.05, 0.1) is 22.8 Å². The van der Waals surface area contributed by atoms with E-state index in [1.807, 2.05) is 0 Å². The molecule has 54 valence electrons. The Morgan fingerprint density at radius 2 is 2.20 bits per heavy atom. The predicted octanol–water partition coefficient (Wildman–Crippen LogP) is 2.06. The van der Waals surface area contributed by atoms with E-state index in [4.69, 9.17) is 28.9 Å². The van der Waals surface area contributed by atoms with Crippen molar-refractivity contribution in [1.29, 1.82) is 0 Å². The summed E-state index contributed by atoms with van der Waals surface area (Å²) >= 11 is 11.2. The second-order valence-corrected chi connectivity index (χ2v) is 2.50. The van der Waals surface area contributed by atoms with Gasteiger partial charge < -0.3 is 5.73 Å². The molecule has 0 unspecified atom stereocenters. The summed E-state index contributed by atoms with van der Waals surface area (Å²) in [5.74, 6) is 0.327. The molecule has 0 radical (unpaired) electrons. The molecule has 0 amide bonds. The molecule has 1 rings (SSSR count). The second-order valence-electron chi connectivity index (χ2n) is 1.82. The minimum absolute atomic E-state index is 0.327. The summed E-state index contributed by atoms with van der Waals surface area (Å²) in [4.78, 5) is 3.78. The lowest BCUT2D eigenvalue weighted by Gasteiger charge is -2.01. The normalized spacial score (nSPS) is 9.80. The van der Waals surface area contributed by atoms with Crippen molar-refractivity contribution in [3.63, 3.8) is 0 Å². The van der Waals surface area contributed by atoms with Crippen LogP contribution in [0.1, 0.15) is 5.56 Å². The Labute approximate surface area is 69.0 Å². The fourth-order valence-electron chi connectivity index (χ4n) is 0.618. The summed E-state index contributed by atoms with van der Waals surface area (Å²) < 4.78 is 0. The molecular weight excluding hydrogens is 171 g/mol. The van der Waals surface area contributed by atoms with E-state index in [0.717, 1.165) is 5.56 Å². The summed E-state index contributed by atoms with van der Waals surface area (Å²) in [6, 6.07) is 0. The Bertz CT molecular complexity index is 217. The van der Waals surface area contributed by atoms with Crippen LogP contribution < -0.4 is 5.73 Å². The number of pyridine rings is 1. The predicted molar refractivity (Wildman–Crippen MR) is 43.2 cm³/mol.